The summed E-state index contributed by atoms with van der Waals surface area (Å²) in [6.45, 7) is 7.95. The zero-order chi connectivity index (χ0) is 17.6. The first-order valence-electron chi connectivity index (χ1n) is 8.35. The highest BCUT2D eigenvalue weighted by molar-refractivity contribution is 5.57. The van der Waals surface area contributed by atoms with Crippen LogP contribution in [0.15, 0.2) is 35.1 Å². The molecular formula is C17H22N6O2. The maximum Gasteiger partial charge on any atom is 0.297 e. The van der Waals surface area contributed by atoms with E-state index in [9.17, 15) is 0 Å². The van der Waals surface area contributed by atoms with Gasteiger partial charge in [0.05, 0.1) is 0 Å². The minimum absolute atomic E-state index is 0.301. The van der Waals surface area contributed by atoms with Crippen molar-refractivity contribution in [1.29, 1.82) is 0 Å². The summed E-state index contributed by atoms with van der Waals surface area (Å²) in [5.41, 5.74) is 0.849. The Bertz CT molecular complexity index is 792. The summed E-state index contributed by atoms with van der Waals surface area (Å²) >= 11 is 0. The first kappa shape index (κ1) is 17.1. The van der Waals surface area contributed by atoms with Crippen molar-refractivity contribution in [2.75, 3.05) is 26.2 Å². The fraction of sp³-hybridized carbons (Fsp3) is 0.412. The van der Waals surface area contributed by atoms with Crippen molar-refractivity contribution in [3.05, 3.63) is 30.6 Å². The molecular weight excluding hydrogens is 320 g/mol. The van der Waals surface area contributed by atoms with Crippen LogP contribution >= 0.6 is 0 Å². The lowest BCUT2D eigenvalue weighted by Crippen LogP contribution is -2.27. The normalized spacial score (nSPS) is 11.2. The van der Waals surface area contributed by atoms with Crippen molar-refractivity contribution >= 4 is 0 Å². The molecule has 2 heterocycles. The maximum absolute atomic E-state index is 5.78. The van der Waals surface area contributed by atoms with Gasteiger partial charge in [-0.15, -0.1) is 5.10 Å². The van der Waals surface area contributed by atoms with Gasteiger partial charge < -0.3 is 14.2 Å². The van der Waals surface area contributed by atoms with Gasteiger partial charge in [0.2, 0.25) is 11.6 Å². The lowest BCUT2D eigenvalue weighted by Gasteiger charge is -2.17. The van der Waals surface area contributed by atoms with Gasteiger partial charge in [0.15, 0.2) is 0 Å². The molecule has 2 aromatic heterocycles. The van der Waals surface area contributed by atoms with Crippen LogP contribution in [0.1, 0.15) is 13.8 Å². The van der Waals surface area contributed by atoms with E-state index >= 15 is 0 Å². The zero-order valence-corrected chi connectivity index (χ0v) is 14.7. The fourth-order valence-electron chi connectivity index (χ4n) is 2.40. The summed E-state index contributed by atoms with van der Waals surface area (Å²) in [4.78, 5) is 10.8. The molecule has 0 spiro atoms. The van der Waals surface area contributed by atoms with Gasteiger partial charge in [-0.2, -0.15) is 4.98 Å². The van der Waals surface area contributed by atoms with Crippen LogP contribution in [0.2, 0.25) is 0 Å². The lowest BCUT2D eigenvalue weighted by atomic mass is 10.2. The molecule has 0 saturated heterocycles. The summed E-state index contributed by atoms with van der Waals surface area (Å²) in [5.74, 6) is 2.04. The first-order chi connectivity index (χ1) is 12.2. The van der Waals surface area contributed by atoms with Gasteiger partial charge in [-0.1, -0.05) is 19.0 Å². The molecule has 25 heavy (non-hydrogen) atoms. The van der Waals surface area contributed by atoms with E-state index in [2.05, 4.69) is 39.0 Å². The predicted octanol–water partition coefficient (Wildman–Crippen LogP) is 2.25. The van der Waals surface area contributed by atoms with Crippen LogP contribution in [0, 0.1) is 0 Å². The highest BCUT2D eigenvalue weighted by Crippen LogP contribution is 2.22. The first-order valence-corrected chi connectivity index (χ1v) is 8.35. The number of benzene rings is 1. The molecule has 1 aromatic carbocycles. The Balaban J connectivity index is 1.62. The van der Waals surface area contributed by atoms with Gasteiger partial charge in [-0.25, -0.2) is 4.98 Å². The average Bonchev–Trinajstić information content (AvgIpc) is 3.28. The van der Waals surface area contributed by atoms with Crippen LogP contribution in [-0.2, 0) is 7.05 Å². The monoisotopic (exact) mass is 342 g/mol. The predicted molar refractivity (Wildman–Crippen MR) is 93.0 cm³/mol. The van der Waals surface area contributed by atoms with Crippen LogP contribution in [-0.4, -0.2) is 56.0 Å². The minimum Gasteiger partial charge on any atom is -0.492 e. The van der Waals surface area contributed by atoms with Gasteiger partial charge in [-0.05, 0) is 37.4 Å². The standard InChI is InChI=1S/C17H22N6O2/c1-4-23(5-2)10-11-24-14-8-6-13(7-9-14)15-19-17(25-21-15)16-18-12-22(3)20-16/h6-9,12H,4-5,10-11H2,1-3H3. The number of rotatable bonds is 8. The number of hydrogen-bond acceptors (Lipinski definition) is 7. The topological polar surface area (TPSA) is 82.1 Å². The molecule has 0 saturated carbocycles. The second kappa shape index (κ2) is 7.89. The molecule has 3 rings (SSSR count). The summed E-state index contributed by atoms with van der Waals surface area (Å²) in [6, 6.07) is 7.64. The molecule has 0 fully saturated rings. The Kier molecular flexibility index (Phi) is 5.39. The Labute approximate surface area is 146 Å². The SMILES string of the molecule is CCN(CC)CCOc1ccc(-c2noc(-c3ncn(C)n3)n2)cc1. The molecule has 0 aliphatic carbocycles. The highest BCUT2D eigenvalue weighted by atomic mass is 16.5. The molecule has 0 aliphatic heterocycles. The Morgan fingerprint density at radius 3 is 2.52 bits per heavy atom. The molecule has 0 amide bonds. The second-order valence-corrected chi connectivity index (χ2v) is 5.56. The molecule has 0 radical (unpaired) electrons. The number of nitrogens with zero attached hydrogens (tertiary/aromatic N) is 6. The Morgan fingerprint density at radius 1 is 1.12 bits per heavy atom. The van der Waals surface area contributed by atoms with Gasteiger partial charge in [0.25, 0.3) is 5.89 Å². The van der Waals surface area contributed by atoms with Crippen molar-refractivity contribution < 1.29 is 9.26 Å². The summed E-state index contributed by atoms with van der Waals surface area (Å²) < 4.78 is 12.6. The van der Waals surface area contributed by atoms with Gasteiger partial charge in [0, 0.05) is 19.2 Å². The van der Waals surface area contributed by atoms with E-state index in [1.165, 1.54) is 0 Å². The molecule has 132 valence electrons. The van der Waals surface area contributed by atoms with Crippen molar-refractivity contribution in [3.8, 4) is 28.9 Å². The number of likely N-dealkylation sites (N-methyl/N-ethyl adjacent to an activating group) is 1. The number of aromatic nitrogens is 5. The summed E-state index contributed by atoms with van der Waals surface area (Å²) in [7, 11) is 1.78. The zero-order valence-electron chi connectivity index (χ0n) is 14.7. The molecule has 8 nitrogen and oxygen atoms in total. The molecule has 0 N–H and O–H groups in total. The van der Waals surface area contributed by atoms with Crippen molar-refractivity contribution in [2.24, 2.45) is 7.05 Å². The third kappa shape index (κ3) is 4.21. The van der Waals surface area contributed by atoms with Crippen LogP contribution in [0.5, 0.6) is 5.75 Å². The third-order valence-electron chi connectivity index (χ3n) is 3.90. The van der Waals surface area contributed by atoms with E-state index in [0.29, 0.717) is 24.1 Å². The Morgan fingerprint density at radius 2 is 1.88 bits per heavy atom. The number of ether oxygens (including phenoxy) is 1. The van der Waals surface area contributed by atoms with E-state index in [4.69, 9.17) is 9.26 Å². The lowest BCUT2D eigenvalue weighted by molar-refractivity contribution is 0.223. The van der Waals surface area contributed by atoms with E-state index in [1.807, 2.05) is 24.3 Å². The van der Waals surface area contributed by atoms with Gasteiger partial charge in [0.1, 0.15) is 18.7 Å². The molecule has 0 bridgehead atoms. The fourth-order valence-corrected chi connectivity index (χ4v) is 2.40. The number of aryl methyl sites for hydroxylation is 1. The highest BCUT2D eigenvalue weighted by Gasteiger charge is 2.14. The van der Waals surface area contributed by atoms with Crippen molar-refractivity contribution in [2.45, 2.75) is 13.8 Å². The second-order valence-electron chi connectivity index (χ2n) is 5.56. The average molecular weight is 342 g/mol. The van der Waals surface area contributed by atoms with E-state index in [-0.39, 0.29) is 0 Å². The largest absolute Gasteiger partial charge is 0.492 e. The van der Waals surface area contributed by atoms with Crippen LogP contribution in [0.3, 0.4) is 0 Å². The quantitative estimate of drug-likeness (QED) is 0.621. The Hall–Kier alpha value is -2.74. The molecule has 3 aromatic rings. The third-order valence-corrected chi connectivity index (χ3v) is 3.90. The van der Waals surface area contributed by atoms with Gasteiger partial charge >= 0.3 is 0 Å². The molecule has 0 unspecified atom stereocenters. The summed E-state index contributed by atoms with van der Waals surface area (Å²) in [6.07, 6.45) is 1.59. The van der Waals surface area contributed by atoms with Gasteiger partial charge in [-0.3, -0.25) is 4.68 Å². The smallest absolute Gasteiger partial charge is 0.297 e. The molecule has 0 aliphatic rings. The number of hydrogen-bond donors (Lipinski definition) is 0. The molecule has 0 atom stereocenters. The van der Waals surface area contributed by atoms with E-state index in [0.717, 1.165) is 30.9 Å². The van der Waals surface area contributed by atoms with Crippen LogP contribution < -0.4 is 4.74 Å². The minimum atomic E-state index is 0.301. The van der Waals surface area contributed by atoms with E-state index < -0.39 is 0 Å². The van der Waals surface area contributed by atoms with Crippen LogP contribution in [0.25, 0.3) is 23.1 Å². The van der Waals surface area contributed by atoms with E-state index in [1.54, 1.807) is 18.1 Å². The van der Waals surface area contributed by atoms with Crippen molar-refractivity contribution in [1.82, 2.24) is 29.8 Å². The van der Waals surface area contributed by atoms with Crippen molar-refractivity contribution in [3.63, 3.8) is 0 Å². The maximum atomic E-state index is 5.78. The summed E-state index contributed by atoms with van der Waals surface area (Å²) in [5, 5.41) is 8.14. The van der Waals surface area contributed by atoms with Crippen LogP contribution in [0.4, 0.5) is 0 Å². The molecule has 8 heteroatoms.